The van der Waals surface area contributed by atoms with Gasteiger partial charge in [-0.1, -0.05) is 0 Å². The summed E-state index contributed by atoms with van der Waals surface area (Å²) in [4.78, 5) is 0. The van der Waals surface area contributed by atoms with Crippen molar-refractivity contribution in [3.63, 3.8) is 0 Å². The Morgan fingerprint density at radius 3 is 2.00 bits per heavy atom. The van der Waals surface area contributed by atoms with Gasteiger partial charge in [-0.2, -0.15) is 9.05 Å². The first kappa shape index (κ1) is 18.2. The predicted octanol–water partition coefficient (Wildman–Crippen LogP) is 0.00100. The smallest absolute Gasteiger partial charge is 0.353 e. The van der Waals surface area contributed by atoms with Gasteiger partial charge in [0.15, 0.2) is 0 Å². The number of hydrogen-bond donors (Lipinski definition) is 0. The van der Waals surface area contributed by atoms with Gasteiger partial charge in [0, 0.05) is 0 Å². The van der Waals surface area contributed by atoms with Crippen LogP contribution in [0.25, 0.3) is 0 Å². The van der Waals surface area contributed by atoms with E-state index in [1.54, 1.807) is 0 Å². The van der Waals surface area contributed by atoms with E-state index in [-0.39, 0.29) is 24.0 Å². The van der Waals surface area contributed by atoms with Crippen LogP contribution in [0, 0.1) is 0 Å². The summed E-state index contributed by atoms with van der Waals surface area (Å²) < 4.78 is 30.9. The van der Waals surface area contributed by atoms with Gasteiger partial charge in [-0.25, -0.2) is 0 Å². The molecule has 17 heavy (non-hydrogen) atoms. The third-order valence-corrected chi connectivity index (χ3v) is 9.06. The van der Waals surface area contributed by atoms with Crippen molar-refractivity contribution in [1.82, 2.24) is 4.44 Å². The molecular weight excluding hydrogens is 375 g/mol. The van der Waals surface area contributed by atoms with Gasteiger partial charge in [-0.05, 0) is 25.2 Å². The highest BCUT2D eigenvalue weighted by Gasteiger charge is 2.60. The van der Waals surface area contributed by atoms with Crippen LogP contribution >= 0.6 is 15.4 Å². The van der Waals surface area contributed by atoms with Crippen LogP contribution in [0.1, 0.15) is 20.8 Å². The molecule has 1 fully saturated rings. The molecule has 104 valence electrons. The molecule has 1 aliphatic rings. The molecule has 0 bridgehead atoms. The summed E-state index contributed by atoms with van der Waals surface area (Å²) in [7, 11) is -4.83. The summed E-state index contributed by atoms with van der Waals surface area (Å²) in [5, 5.41) is 0. The van der Waals surface area contributed by atoms with Crippen LogP contribution in [0.2, 0.25) is 0 Å². The van der Waals surface area contributed by atoms with Crippen molar-refractivity contribution in [2.24, 2.45) is 0 Å². The Labute approximate surface area is 122 Å². The largest absolute Gasteiger partial charge is 1.00 e. The molecule has 0 saturated carbocycles. The van der Waals surface area contributed by atoms with Gasteiger partial charge >= 0.3 is 15.4 Å². The normalized spacial score (nSPS) is 25.2. The van der Waals surface area contributed by atoms with Crippen molar-refractivity contribution in [1.29, 1.82) is 0 Å². The molecule has 1 heterocycles. The molecule has 0 spiro atoms. The third kappa shape index (κ3) is 4.10. The lowest BCUT2D eigenvalue weighted by atomic mass is 10.8. The lowest BCUT2D eigenvalue weighted by Crippen LogP contribution is -3.00. The molecule has 1 rings (SSSR count). The number of halogens is 1. The van der Waals surface area contributed by atoms with E-state index in [2.05, 4.69) is 0 Å². The predicted molar refractivity (Wildman–Crippen MR) is 66.9 cm³/mol. The van der Waals surface area contributed by atoms with Gasteiger partial charge in [0.25, 0.3) is 0 Å². The van der Waals surface area contributed by atoms with Crippen LogP contribution in [0.3, 0.4) is 0 Å². The summed E-state index contributed by atoms with van der Waals surface area (Å²) in [6, 6.07) is 0. The van der Waals surface area contributed by atoms with E-state index in [0.29, 0.717) is 26.0 Å². The van der Waals surface area contributed by atoms with Gasteiger partial charge < -0.3 is 28.5 Å². The first-order chi connectivity index (χ1) is 7.52. The van der Waals surface area contributed by atoms with E-state index in [1.807, 2.05) is 31.9 Å². The zero-order valence-electron chi connectivity index (χ0n) is 10.9. The molecule has 0 aromatic rings. The zero-order valence-corrected chi connectivity index (χ0v) is 14.8. The fraction of sp³-hybridized carbons (Fsp3) is 1.00. The van der Waals surface area contributed by atoms with Crippen LogP contribution in [-0.4, -0.2) is 43.6 Å². The van der Waals surface area contributed by atoms with Gasteiger partial charge in [-0.15, -0.1) is 0 Å². The van der Waals surface area contributed by atoms with Gasteiger partial charge in [0.2, 0.25) is 0 Å². The molecule has 0 aromatic heterocycles. The monoisotopic (exact) mass is 397 g/mol. The number of rotatable bonds is 7. The Kier molecular flexibility index (Phi) is 8.29. The first-order valence-corrected chi connectivity index (χ1v) is 9.48. The van der Waals surface area contributed by atoms with E-state index in [1.165, 1.54) is 0 Å². The Bertz CT molecular complexity index is 274. The topological polar surface area (TPSA) is 48.0 Å². The van der Waals surface area contributed by atoms with Crippen molar-refractivity contribution in [2.75, 3.05) is 39.2 Å². The fourth-order valence-corrected chi connectivity index (χ4v) is 7.78. The van der Waals surface area contributed by atoms with E-state index < -0.39 is 15.4 Å². The average molecular weight is 397 g/mol. The van der Waals surface area contributed by atoms with Crippen molar-refractivity contribution in [3.05, 3.63) is 0 Å². The van der Waals surface area contributed by atoms with E-state index in [0.717, 1.165) is 6.54 Å². The lowest BCUT2D eigenvalue weighted by Gasteiger charge is -2.40. The Hall–Kier alpha value is 1.23. The second-order valence-corrected chi connectivity index (χ2v) is 8.90. The van der Waals surface area contributed by atoms with Gasteiger partial charge in [0.1, 0.15) is 6.66 Å². The molecule has 0 radical (unpaired) electrons. The lowest BCUT2D eigenvalue weighted by molar-refractivity contribution is -0.0000106. The van der Waals surface area contributed by atoms with Crippen LogP contribution in [-0.2, 0) is 18.1 Å². The summed E-state index contributed by atoms with van der Waals surface area (Å²) in [5.41, 5.74) is 0. The summed E-state index contributed by atoms with van der Waals surface area (Å²) in [6.07, 6.45) is 0.608. The summed E-state index contributed by atoms with van der Waals surface area (Å²) >= 11 is 0. The molecule has 0 aromatic carbocycles. The Morgan fingerprint density at radius 1 is 1.18 bits per heavy atom. The minimum Gasteiger partial charge on any atom is -1.00 e. The van der Waals surface area contributed by atoms with E-state index in [4.69, 9.17) is 13.6 Å². The maximum Gasteiger partial charge on any atom is 0.353 e. The molecule has 1 atom stereocenters. The standard InChI is InChI=1S/C9H22NO4P2.HI/c1-5-12-15(4,13-6-2)10-8-9-16(10,11)14-7-3;/h5-9H2,1-4H3;1H/q+1;/p-1. The van der Waals surface area contributed by atoms with E-state index >= 15 is 0 Å². The second-order valence-electron chi connectivity index (χ2n) is 3.51. The Morgan fingerprint density at radius 2 is 1.71 bits per heavy atom. The molecule has 1 aliphatic heterocycles. The van der Waals surface area contributed by atoms with Crippen LogP contribution in [0.15, 0.2) is 0 Å². The minimum atomic E-state index is -2.65. The van der Waals surface area contributed by atoms with Crippen molar-refractivity contribution < 1.29 is 42.1 Å². The van der Waals surface area contributed by atoms with Crippen molar-refractivity contribution >= 4 is 15.4 Å². The number of nitrogens with zero attached hydrogens (tertiary/aromatic N) is 1. The molecule has 1 saturated heterocycles. The maximum absolute atomic E-state index is 12.4. The molecule has 0 N–H and O–H groups in total. The molecule has 5 nitrogen and oxygen atoms in total. The average Bonchev–Trinajstić information content (AvgIpc) is 2.16. The third-order valence-electron chi connectivity index (χ3n) is 2.42. The quantitative estimate of drug-likeness (QED) is 0.448. The highest BCUT2D eigenvalue weighted by Crippen LogP contribution is 2.77. The SMILES string of the molecule is CCOP1(=O)CCN1[P+](C)(OCC)OCC.[I-]. The highest BCUT2D eigenvalue weighted by molar-refractivity contribution is 7.76. The van der Waals surface area contributed by atoms with Crippen LogP contribution < -0.4 is 24.0 Å². The molecule has 1 unspecified atom stereocenters. The minimum absolute atomic E-state index is 0. The highest BCUT2D eigenvalue weighted by atomic mass is 127. The molecule has 0 aliphatic carbocycles. The second kappa shape index (κ2) is 7.73. The molecular formula is C9H22INO4P2. The fourth-order valence-electron chi connectivity index (χ4n) is 1.76. The Balaban J connectivity index is 0.00000256. The van der Waals surface area contributed by atoms with Crippen LogP contribution in [0.4, 0.5) is 0 Å². The summed E-state index contributed by atoms with van der Waals surface area (Å²) in [5.74, 6) is 0. The first-order valence-electron chi connectivity index (χ1n) is 5.70. The van der Waals surface area contributed by atoms with Gasteiger partial charge in [-0.3, -0.25) is 4.57 Å². The van der Waals surface area contributed by atoms with Crippen LogP contribution in [0.5, 0.6) is 0 Å². The van der Waals surface area contributed by atoms with Gasteiger partial charge in [0.05, 0.1) is 32.5 Å². The van der Waals surface area contributed by atoms with E-state index in [9.17, 15) is 4.57 Å². The van der Waals surface area contributed by atoms with Crippen molar-refractivity contribution in [3.8, 4) is 0 Å². The molecule has 0 amide bonds. The van der Waals surface area contributed by atoms with Crippen molar-refractivity contribution in [2.45, 2.75) is 20.8 Å². The maximum atomic E-state index is 12.4. The number of hydrogen-bond acceptors (Lipinski definition) is 4. The zero-order chi connectivity index (χ0) is 12.2. The molecule has 8 heteroatoms. The summed E-state index contributed by atoms with van der Waals surface area (Å²) in [6.45, 7) is 9.93.